The monoisotopic (exact) mass is 470 g/mol. The van der Waals surface area contributed by atoms with Crippen LogP contribution < -0.4 is 10.2 Å². The SMILES string of the molecule is CC(=O)c1cccc(N(C(=O)c2cnccn2)[C@@H](C(=O)NCc2ccccc2)c2cccs2)c1. The Labute approximate surface area is 201 Å². The molecule has 0 saturated heterocycles. The molecule has 0 aliphatic rings. The normalized spacial score (nSPS) is 11.4. The number of hydrogen-bond donors (Lipinski definition) is 1. The summed E-state index contributed by atoms with van der Waals surface area (Å²) < 4.78 is 0. The molecule has 7 nitrogen and oxygen atoms in total. The molecule has 0 aliphatic heterocycles. The first-order valence-corrected chi connectivity index (χ1v) is 11.5. The van der Waals surface area contributed by atoms with Gasteiger partial charge in [0.05, 0.1) is 6.20 Å². The zero-order chi connectivity index (χ0) is 23.9. The van der Waals surface area contributed by atoms with E-state index in [1.807, 2.05) is 47.8 Å². The number of anilines is 1. The Morgan fingerprint density at radius 2 is 1.82 bits per heavy atom. The largest absolute Gasteiger partial charge is 0.350 e. The Kier molecular flexibility index (Phi) is 7.19. The molecule has 34 heavy (non-hydrogen) atoms. The number of ketones is 1. The third-order valence-corrected chi connectivity index (χ3v) is 6.09. The maximum atomic E-state index is 13.7. The molecule has 4 aromatic rings. The highest BCUT2D eigenvalue weighted by molar-refractivity contribution is 7.10. The number of nitrogens with one attached hydrogen (secondary N) is 1. The van der Waals surface area contributed by atoms with E-state index < -0.39 is 11.9 Å². The van der Waals surface area contributed by atoms with Crippen LogP contribution in [0.2, 0.25) is 0 Å². The lowest BCUT2D eigenvalue weighted by molar-refractivity contribution is -0.122. The summed E-state index contributed by atoms with van der Waals surface area (Å²) in [5.74, 6) is -0.992. The van der Waals surface area contributed by atoms with Gasteiger partial charge in [0, 0.05) is 35.1 Å². The first-order valence-electron chi connectivity index (χ1n) is 10.6. The number of rotatable bonds is 8. The van der Waals surface area contributed by atoms with Crippen molar-refractivity contribution < 1.29 is 14.4 Å². The molecule has 170 valence electrons. The molecule has 0 radical (unpaired) electrons. The van der Waals surface area contributed by atoms with Crippen LogP contribution in [0.25, 0.3) is 0 Å². The van der Waals surface area contributed by atoms with Crippen molar-refractivity contribution in [3.8, 4) is 0 Å². The highest BCUT2D eigenvalue weighted by atomic mass is 32.1. The van der Waals surface area contributed by atoms with Gasteiger partial charge in [0.2, 0.25) is 5.91 Å². The molecular weight excluding hydrogens is 448 g/mol. The first-order chi connectivity index (χ1) is 16.5. The minimum Gasteiger partial charge on any atom is -0.350 e. The molecular formula is C26H22N4O3S. The molecule has 2 aromatic heterocycles. The minimum atomic E-state index is -0.972. The van der Waals surface area contributed by atoms with Crippen LogP contribution in [0, 0.1) is 0 Å². The number of aromatic nitrogens is 2. The molecule has 0 saturated carbocycles. The van der Waals surface area contributed by atoms with Gasteiger partial charge in [-0.05, 0) is 36.1 Å². The standard InChI is InChI=1S/C26H22N4O3S/c1-18(31)20-9-5-10-21(15-20)30(26(33)22-17-27-12-13-28-22)24(23-11-6-14-34-23)25(32)29-16-19-7-3-2-4-8-19/h2-15,17,24H,16H2,1H3,(H,29,32)/t24-/m1/s1. The summed E-state index contributed by atoms with van der Waals surface area (Å²) in [6, 6.07) is 18.9. The first kappa shape index (κ1) is 23.0. The maximum Gasteiger partial charge on any atom is 0.279 e. The van der Waals surface area contributed by atoms with E-state index in [-0.39, 0.29) is 17.4 Å². The van der Waals surface area contributed by atoms with Crippen molar-refractivity contribution in [3.05, 3.63) is 112 Å². The highest BCUT2D eigenvalue weighted by Crippen LogP contribution is 2.32. The molecule has 0 fully saturated rings. The van der Waals surface area contributed by atoms with Crippen LogP contribution >= 0.6 is 11.3 Å². The molecule has 1 atom stereocenters. The third-order valence-electron chi connectivity index (χ3n) is 5.16. The number of Topliss-reactive ketones (excluding diaryl/α,β-unsaturated/α-hetero) is 1. The molecule has 0 bridgehead atoms. The van der Waals surface area contributed by atoms with E-state index >= 15 is 0 Å². The van der Waals surface area contributed by atoms with Crippen LogP contribution in [-0.2, 0) is 11.3 Å². The number of benzene rings is 2. The number of carbonyl (C=O) groups excluding carboxylic acids is 3. The highest BCUT2D eigenvalue weighted by Gasteiger charge is 2.35. The molecule has 2 aromatic carbocycles. The number of amides is 2. The minimum absolute atomic E-state index is 0.0909. The lowest BCUT2D eigenvalue weighted by atomic mass is 10.1. The van der Waals surface area contributed by atoms with Gasteiger partial charge in [0.15, 0.2) is 11.8 Å². The van der Waals surface area contributed by atoms with Gasteiger partial charge in [-0.1, -0.05) is 48.5 Å². The van der Waals surface area contributed by atoms with E-state index in [0.29, 0.717) is 22.7 Å². The van der Waals surface area contributed by atoms with E-state index in [9.17, 15) is 14.4 Å². The maximum absolute atomic E-state index is 13.7. The van der Waals surface area contributed by atoms with Crippen LogP contribution in [-0.4, -0.2) is 27.6 Å². The van der Waals surface area contributed by atoms with Gasteiger partial charge >= 0.3 is 0 Å². The van der Waals surface area contributed by atoms with Crippen molar-refractivity contribution in [2.45, 2.75) is 19.5 Å². The van der Waals surface area contributed by atoms with Crippen molar-refractivity contribution in [2.24, 2.45) is 0 Å². The molecule has 0 aliphatic carbocycles. The summed E-state index contributed by atoms with van der Waals surface area (Å²) in [4.78, 5) is 49.5. The fourth-order valence-corrected chi connectivity index (χ4v) is 4.31. The number of carbonyl (C=O) groups is 3. The summed E-state index contributed by atoms with van der Waals surface area (Å²) in [6.07, 6.45) is 4.26. The van der Waals surface area contributed by atoms with Gasteiger partial charge in [-0.3, -0.25) is 24.3 Å². The van der Waals surface area contributed by atoms with Crippen molar-refractivity contribution in [1.29, 1.82) is 0 Å². The molecule has 8 heteroatoms. The lowest BCUT2D eigenvalue weighted by Gasteiger charge is -2.30. The Morgan fingerprint density at radius 1 is 1.00 bits per heavy atom. The van der Waals surface area contributed by atoms with Gasteiger partial charge in [-0.25, -0.2) is 4.98 Å². The van der Waals surface area contributed by atoms with Crippen LogP contribution in [0.3, 0.4) is 0 Å². The smallest absolute Gasteiger partial charge is 0.279 e. The van der Waals surface area contributed by atoms with Gasteiger partial charge < -0.3 is 5.32 Å². The zero-order valence-electron chi connectivity index (χ0n) is 18.4. The van der Waals surface area contributed by atoms with Crippen LogP contribution in [0.15, 0.2) is 90.7 Å². The topological polar surface area (TPSA) is 92.3 Å². The Bertz CT molecular complexity index is 1280. The molecule has 4 rings (SSSR count). The van der Waals surface area contributed by atoms with Crippen LogP contribution in [0.1, 0.15) is 44.3 Å². The number of hydrogen-bond acceptors (Lipinski definition) is 6. The van der Waals surface area contributed by atoms with Crippen molar-refractivity contribution in [3.63, 3.8) is 0 Å². The predicted octanol–water partition coefficient (Wildman–Crippen LogP) is 4.45. The average Bonchev–Trinajstić information content (AvgIpc) is 3.41. The van der Waals surface area contributed by atoms with E-state index in [1.54, 1.807) is 24.3 Å². The summed E-state index contributed by atoms with van der Waals surface area (Å²) in [5, 5.41) is 4.80. The van der Waals surface area contributed by atoms with Crippen molar-refractivity contribution in [2.75, 3.05) is 4.90 Å². The van der Waals surface area contributed by atoms with E-state index in [4.69, 9.17) is 0 Å². The zero-order valence-corrected chi connectivity index (χ0v) is 19.2. The molecule has 1 N–H and O–H groups in total. The molecule has 2 amide bonds. The van der Waals surface area contributed by atoms with Crippen molar-refractivity contribution >= 4 is 34.6 Å². The van der Waals surface area contributed by atoms with Gasteiger partial charge in [0.1, 0.15) is 5.69 Å². The molecule has 0 unspecified atom stereocenters. The lowest BCUT2D eigenvalue weighted by Crippen LogP contribution is -2.44. The summed E-state index contributed by atoms with van der Waals surface area (Å²) in [6.45, 7) is 1.76. The predicted molar refractivity (Wildman–Crippen MR) is 131 cm³/mol. The molecule has 2 heterocycles. The van der Waals surface area contributed by atoms with Crippen LogP contribution in [0.4, 0.5) is 5.69 Å². The third kappa shape index (κ3) is 5.24. The number of thiophene rings is 1. The van der Waals surface area contributed by atoms with Gasteiger partial charge in [-0.15, -0.1) is 11.3 Å². The second-order valence-electron chi connectivity index (χ2n) is 7.49. The van der Waals surface area contributed by atoms with E-state index in [2.05, 4.69) is 15.3 Å². The Hall–Kier alpha value is -4.17. The Balaban J connectivity index is 1.78. The second-order valence-corrected chi connectivity index (χ2v) is 8.47. The van der Waals surface area contributed by atoms with Gasteiger partial charge in [0.25, 0.3) is 5.91 Å². The summed E-state index contributed by atoms with van der Waals surface area (Å²) in [5.41, 5.74) is 1.87. The fourth-order valence-electron chi connectivity index (χ4n) is 3.49. The fraction of sp³-hybridized carbons (Fsp3) is 0.115. The number of nitrogens with zero attached hydrogens (tertiary/aromatic N) is 3. The molecule has 0 spiro atoms. The van der Waals surface area contributed by atoms with E-state index in [0.717, 1.165) is 5.56 Å². The summed E-state index contributed by atoms with van der Waals surface area (Å²) >= 11 is 1.37. The average molecular weight is 471 g/mol. The summed E-state index contributed by atoms with van der Waals surface area (Å²) in [7, 11) is 0. The Morgan fingerprint density at radius 3 is 2.50 bits per heavy atom. The quantitative estimate of drug-likeness (QED) is 0.384. The van der Waals surface area contributed by atoms with E-state index in [1.165, 1.54) is 41.8 Å². The second kappa shape index (κ2) is 10.6. The van der Waals surface area contributed by atoms with Crippen LogP contribution in [0.5, 0.6) is 0 Å². The van der Waals surface area contributed by atoms with Crippen molar-refractivity contribution in [1.82, 2.24) is 15.3 Å². The van der Waals surface area contributed by atoms with Gasteiger partial charge in [-0.2, -0.15) is 0 Å².